The second-order valence-electron chi connectivity index (χ2n) is 5.90. The number of thioether (sulfide) groups is 1. The quantitative estimate of drug-likeness (QED) is 0.877. The Balaban J connectivity index is 2.00. The molecule has 3 nitrogen and oxygen atoms in total. The van der Waals surface area contributed by atoms with Gasteiger partial charge in [-0.2, -0.15) is 0 Å². The van der Waals surface area contributed by atoms with Gasteiger partial charge in [0.05, 0.1) is 5.54 Å². The average Bonchev–Trinajstić information content (AvgIpc) is 2.84. The van der Waals surface area contributed by atoms with Gasteiger partial charge < -0.3 is 11.1 Å². The van der Waals surface area contributed by atoms with Gasteiger partial charge in [0.25, 0.3) is 0 Å². The molecular formula is C16H24N2OS. The number of hydrogen-bond acceptors (Lipinski definition) is 3. The van der Waals surface area contributed by atoms with Crippen molar-refractivity contribution < 1.29 is 4.79 Å². The Morgan fingerprint density at radius 2 is 2.05 bits per heavy atom. The van der Waals surface area contributed by atoms with Crippen molar-refractivity contribution in [3.63, 3.8) is 0 Å². The minimum atomic E-state index is -0.504. The zero-order valence-corrected chi connectivity index (χ0v) is 13.3. The van der Waals surface area contributed by atoms with E-state index in [0.717, 1.165) is 19.3 Å². The maximum Gasteiger partial charge on any atom is 0.237 e. The third kappa shape index (κ3) is 3.18. The van der Waals surface area contributed by atoms with E-state index in [1.54, 1.807) is 0 Å². The third-order valence-corrected chi connectivity index (χ3v) is 5.55. The number of benzene rings is 1. The molecule has 2 unspecified atom stereocenters. The second-order valence-corrected chi connectivity index (χ2v) is 7.28. The number of carbonyl (C=O) groups is 1. The van der Waals surface area contributed by atoms with Crippen LogP contribution in [-0.2, 0) is 4.79 Å². The highest BCUT2D eigenvalue weighted by Gasteiger charge is 2.42. The van der Waals surface area contributed by atoms with Crippen molar-refractivity contribution in [2.24, 2.45) is 5.73 Å². The summed E-state index contributed by atoms with van der Waals surface area (Å²) in [6, 6.07) is 8.76. The molecule has 2 rings (SSSR count). The second kappa shape index (κ2) is 6.19. The van der Waals surface area contributed by atoms with E-state index in [1.807, 2.05) is 18.8 Å². The normalized spacial score (nSPS) is 26.1. The van der Waals surface area contributed by atoms with Gasteiger partial charge in [0.1, 0.15) is 0 Å². The van der Waals surface area contributed by atoms with Gasteiger partial charge in [0, 0.05) is 10.1 Å². The molecule has 4 heteroatoms. The molecule has 0 heterocycles. The molecule has 0 aliphatic heterocycles. The Kier molecular flexibility index (Phi) is 4.76. The number of hydrogen-bond donors (Lipinski definition) is 2. The van der Waals surface area contributed by atoms with Crippen LogP contribution in [0.3, 0.4) is 0 Å². The summed E-state index contributed by atoms with van der Waals surface area (Å²) in [5.74, 6) is 0.339. The molecule has 3 N–H and O–H groups in total. The molecule has 1 aliphatic rings. The van der Waals surface area contributed by atoms with Gasteiger partial charge in [-0.3, -0.25) is 4.79 Å². The van der Waals surface area contributed by atoms with Crippen LogP contribution in [0.4, 0.5) is 0 Å². The van der Waals surface area contributed by atoms with E-state index in [9.17, 15) is 4.79 Å². The summed E-state index contributed by atoms with van der Waals surface area (Å²) in [5.41, 5.74) is 6.40. The number of rotatable bonds is 5. The monoisotopic (exact) mass is 292 g/mol. The van der Waals surface area contributed by atoms with E-state index in [-0.39, 0.29) is 5.91 Å². The van der Waals surface area contributed by atoms with Crippen LogP contribution >= 0.6 is 11.8 Å². The number of likely N-dealkylation sites (N-methyl/N-ethyl adjacent to an activating group) is 1. The lowest BCUT2D eigenvalue weighted by Gasteiger charge is -2.24. The van der Waals surface area contributed by atoms with Crippen molar-refractivity contribution in [1.29, 1.82) is 0 Å². The van der Waals surface area contributed by atoms with Crippen LogP contribution < -0.4 is 11.1 Å². The van der Waals surface area contributed by atoms with Gasteiger partial charge in [-0.15, -0.1) is 11.8 Å². The molecule has 0 bridgehead atoms. The molecule has 20 heavy (non-hydrogen) atoms. The van der Waals surface area contributed by atoms with Crippen molar-refractivity contribution in [1.82, 2.24) is 5.32 Å². The predicted molar refractivity (Wildman–Crippen MR) is 85.0 cm³/mol. The summed E-state index contributed by atoms with van der Waals surface area (Å²) in [7, 11) is 1.83. The van der Waals surface area contributed by atoms with Crippen LogP contribution in [0.15, 0.2) is 29.2 Å². The molecule has 1 fully saturated rings. The number of nitrogens with one attached hydrogen (secondary N) is 1. The first-order chi connectivity index (χ1) is 9.47. The number of primary amides is 1. The van der Waals surface area contributed by atoms with Gasteiger partial charge in [-0.25, -0.2) is 0 Å². The predicted octanol–water partition coefficient (Wildman–Crippen LogP) is 2.90. The SMILES string of the molecule is CNC1(C(N)=O)CCC(Sc2ccc(C(C)C)cc2)C1. The highest BCUT2D eigenvalue weighted by molar-refractivity contribution is 8.00. The first-order valence-corrected chi connectivity index (χ1v) is 8.10. The number of nitrogens with two attached hydrogens (primary N) is 1. The van der Waals surface area contributed by atoms with Crippen molar-refractivity contribution in [3.8, 4) is 0 Å². The van der Waals surface area contributed by atoms with Gasteiger partial charge in [-0.1, -0.05) is 26.0 Å². The van der Waals surface area contributed by atoms with Gasteiger partial charge in [-0.05, 0) is 49.9 Å². The first kappa shape index (κ1) is 15.4. The zero-order chi connectivity index (χ0) is 14.8. The molecule has 1 amide bonds. The third-order valence-electron chi connectivity index (χ3n) is 4.27. The average molecular weight is 292 g/mol. The minimum Gasteiger partial charge on any atom is -0.368 e. The number of carbonyl (C=O) groups excluding carboxylic acids is 1. The van der Waals surface area contributed by atoms with Gasteiger partial charge >= 0.3 is 0 Å². The molecule has 1 aliphatic carbocycles. The highest BCUT2D eigenvalue weighted by atomic mass is 32.2. The summed E-state index contributed by atoms with van der Waals surface area (Å²) in [6.45, 7) is 4.40. The summed E-state index contributed by atoms with van der Waals surface area (Å²) < 4.78 is 0. The smallest absolute Gasteiger partial charge is 0.237 e. The molecule has 0 spiro atoms. The van der Waals surface area contributed by atoms with Crippen LogP contribution in [0, 0.1) is 0 Å². The molecule has 0 saturated heterocycles. The van der Waals surface area contributed by atoms with Crippen molar-refractivity contribution in [3.05, 3.63) is 29.8 Å². The summed E-state index contributed by atoms with van der Waals surface area (Å²) in [6.07, 6.45) is 2.68. The summed E-state index contributed by atoms with van der Waals surface area (Å²) in [5, 5.41) is 3.59. The lowest BCUT2D eigenvalue weighted by molar-refractivity contribution is -0.124. The fourth-order valence-electron chi connectivity index (χ4n) is 2.80. The highest BCUT2D eigenvalue weighted by Crippen LogP contribution is 2.40. The zero-order valence-electron chi connectivity index (χ0n) is 12.5. The summed E-state index contributed by atoms with van der Waals surface area (Å²) >= 11 is 1.86. The van der Waals surface area contributed by atoms with E-state index < -0.39 is 5.54 Å². The van der Waals surface area contributed by atoms with Gasteiger partial charge in [0.15, 0.2) is 0 Å². The van der Waals surface area contributed by atoms with Crippen LogP contribution in [0.5, 0.6) is 0 Å². The Bertz CT molecular complexity index is 472. The van der Waals surface area contributed by atoms with Crippen molar-refractivity contribution >= 4 is 17.7 Å². The summed E-state index contributed by atoms with van der Waals surface area (Å²) in [4.78, 5) is 12.9. The molecular weight excluding hydrogens is 268 g/mol. The van der Waals surface area contributed by atoms with E-state index in [1.165, 1.54) is 10.5 Å². The number of amides is 1. The fraction of sp³-hybridized carbons (Fsp3) is 0.562. The molecule has 2 atom stereocenters. The maximum atomic E-state index is 11.6. The van der Waals surface area contributed by atoms with E-state index in [2.05, 4.69) is 43.4 Å². The van der Waals surface area contributed by atoms with E-state index in [4.69, 9.17) is 5.73 Å². The van der Waals surface area contributed by atoms with Crippen molar-refractivity contribution in [2.45, 2.75) is 54.7 Å². The van der Waals surface area contributed by atoms with Crippen LogP contribution in [-0.4, -0.2) is 23.7 Å². The molecule has 0 aromatic heterocycles. The molecule has 1 aromatic carbocycles. The molecule has 110 valence electrons. The lowest BCUT2D eigenvalue weighted by Crippen LogP contribution is -2.52. The van der Waals surface area contributed by atoms with Crippen LogP contribution in [0.1, 0.15) is 44.6 Å². The Morgan fingerprint density at radius 3 is 2.50 bits per heavy atom. The Morgan fingerprint density at radius 1 is 1.40 bits per heavy atom. The molecule has 0 radical (unpaired) electrons. The van der Waals surface area contributed by atoms with Gasteiger partial charge in [0.2, 0.25) is 5.91 Å². The largest absolute Gasteiger partial charge is 0.368 e. The lowest BCUT2D eigenvalue weighted by atomic mass is 9.97. The fourth-order valence-corrected chi connectivity index (χ4v) is 4.08. The standard InChI is InChI=1S/C16H24N2OS/c1-11(2)12-4-6-13(7-5-12)20-14-8-9-16(10-14,18-3)15(17)19/h4-7,11,14,18H,8-10H2,1-3H3,(H2,17,19). The minimum absolute atomic E-state index is 0.224. The van der Waals surface area contributed by atoms with Crippen molar-refractivity contribution in [2.75, 3.05) is 7.05 Å². The van der Waals surface area contributed by atoms with E-state index >= 15 is 0 Å². The van der Waals surface area contributed by atoms with Crippen LogP contribution in [0.25, 0.3) is 0 Å². The first-order valence-electron chi connectivity index (χ1n) is 7.22. The Labute approximate surface area is 125 Å². The topological polar surface area (TPSA) is 55.1 Å². The maximum absolute atomic E-state index is 11.6. The molecule has 1 aromatic rings. The van der Waals surface area contributed by atoms with E-state index in [0.29, 0.717) is 11.2 Å². The Hall–Kier alpha value is -1.00. The van der Waals surface area contributed by atoms with Crippen LogP contribution in [0.2, 0.25) is 0 Å². The molecule has 1 saturated carbocycles.